The largest absolute Gasteiger partial charge is 0.481 e. The van der Waals surface area contributed by atoms with Gasteiger partial charge in [0, 0.05) is 23.0 Å². The van der Waals surface area contributed by atoms with Crippen molar-refractivity contribution >= 4 is 35.2 Å². The van der Waals surface area contributed by atoms with Gasteiger partial charge in [0.25, 0.3) is 0 Å². The van der Waals surface area contributed by atoms with Crippen molar-refractivity contribution in [2.45, 2.75) is 37.2 Å². The van der Waals surface area contributed by atoms with Gasteiger partial charge in [0.05, 0.1) is 11.9 Å². The molecule has 0 unspecified atom stereocenters. The van der Waals surface area contributed by atoms with Crippen LogP contribution in [0.25, 0.3) is 0 Å². The number of carboxylic acids is 1. The van der Waals surface area contributed by atoms with Crippen LogP contribution in [0, 0.1) is 5.41 Å². The summed E-state index contributed by atoms with van der Waals surface area (Å²) in [5, 5.41) is 20.5. The van der Waals surface area contributed by atoms with Gasteiger partial charge < -0.3 is 15.1 Å². The van der Waals surface area contributed by atoms with Crippen molar-refractivity contribution < 1.29 is 19.8 Å². The molecular weight excluding hydrogens is 350 g/mol. The maximum absolute atomic E-state index is 12.5. The van der Waals surface area contributed by atoms with Crippen LogP contribution in [0.1, 0.15) is 26.2 Å². The second-order valence-electron chi connectivity index (χ2n) is 6.07. The smallest absolute Gasteiger partial charge is 0.314 e. The number of thioether (sulfide) groups is 1. The van der Waals surface area contributed by atoms with E-state index in [1.54, 1.807) is 17.0 Å². The lowest BCUT2D eigenvalue weighted by atomic mass is 9.74. The number of carbonyl (C=O) groups excluding carboxylic acids is 1. The third-order valence-electron chi connectivity index (χ3n) is 4.43. The summed E-state index contributed by atoms with van der Waals surface area (Å²) >= 11 is 7.23. The molecule has 1 aromatic rings. The molecular formula is C17H22ClNO4S. The summed E-state index contributed by atoms with van der Waals surface area (Å²) < 4.78 is 0. The third-order valence-corrected chi connectivity index (χ3v) is 5.68. The normalized spacial score (nSPS) is 24.0. The number of likely N-dealkylation sites (tertiary alicyclic amines) is 1. The molecule has 0 saturated carbocycles. The lowest BCUT2D eigenvalue weighted by Crippen LogP contribution is -2.57. The minimum Gasteiger partial charge on any atom is -0.481 e. The van der Waals surface area contributed by atoms with E-state index in [-0.39, 0.29) is 18.2 Å². The van der Waals surface area contributed by atoms with Crippen LogP contribution >= 0.6 is 23.4 Å². The Morgan fingerprint density at radius 1 is 1.38 bits per heavy atom. The van der Waals surface area contributed by atoms with Crippen LogP contribution < -0.4 is 0 Å². The predicted molar refractivity (Wildman–Crippen MR) is 94.4 cm³/mol. The number of aliphatic hydroxyl groups is 1. The molecule has 0 aromatic heterocycles. The van der Waals surface area contributed by atoms with E-state index in [1.807, 2.05) is 19.1 Å². The number of carboxylic acid groups (broad SMARTS) is 1. The van der Waals surface area contributed by atoms with Crippen LogP contribution in [0.15, 0.2) is 29.2 Å². The van der Waals surface area contributed by atoms with Crippen LogP contribution in [-0.2, 0) is 9.59 Å². The summed E-state index contributed by atoms with van der Waals surface area (Å²) in [6.07, 6.45) is 0.384. The number of piperidine rings is 1. The molecule has 1 saturated heterocycles. The molecule has 2 atom stereocenters. The molecule has 1 heterocycles. The van der Waals surface area contributed by atoms with Gasteiger partial charge in [-0.3, -0.25) is 9.59 Å². The van der Waals surface area contributed by atoms with E-state index in [0.717, 1.165) is 4.90 Å². The van der Waals surface area contributed by atoms with Crippen molar-refractivity contribution in [1.29, 1.82) is 0 Å². The van der Waals surface area contributed by atoms with Gasteiger partial charge in [-0.15, -0.1) is 11.8 Å². The number of carbonyl (C=O) groups is 2. The standard InChI is InChI=1S/C17H22ClNO4S/c1-2-8-17(16(22)23)11-19(9-7-14(17)20)15(21)10-24-13-5-3-12(18)4-6-13/h3-6,14,20H,2,7-11H2,1H3,(H,22,23)/t14-,17-/m0/s1. The van der Waals surface area contributed by atoms with Crippen molar-refractivity contribution in [2.24, 2.45) is 5.41 Å². The molecule has 5 nitrogen and oxygen atoms in total. The first kappa shape index (κ1) is 19.1. The predicted octanol–water partition coefficient (Wildman–Crippen LogP) is 2.90. The summed E-state index contributed by atoms with van der Waals surface area (Å²) in [5.41, 5.74) is -1.26. The maximum atomic E-state index is 12.5. The molecule has 7 heteroatoms. The van der Waals surface area contributed by atoms with E-state index in [0.29, 0.717) is 30.8 Å². The number of hydrogen-bond acceptors (Lipinski definition) is 4. The zero-order valence-electron chi connectivity index (χ0n) is 13.6. The number of halogens is 1. The summed E-state index contributed by atoms with van der Waals surface area (Å²) in [5.74, 6) is -0.900. The van der Waals surface area contributed by atoms with Crippen LogP contribution in [0.5, 0.6) is 0 Å². The highest BCUT2D eigenvalue weighted by Gasteiger charge is 2.49. The second kappa shape index (κ2) is 8.23. The monoisotopic (exact) mass is 371 g/mol. The van der Waals surface area contributed by atoms with Crippen LogP contribution in [0.2, 0.25) is 5.02 Å². The Balaban J connectivity index is 2.01. The van der Waals surface area contributed by atoms with Crippen molar-refractivity contribution in [2.75, 3.05) is 18.8 Å². The Labute approximate surface area is 151 Å². The average Bonchev–Trinajstić information content (AvgIpc) is 2.56. The number of hydrogen-bond donors (Lipinski definition) is 2. The molecule has 132 valence electrons. The van der Waals surface area contributed by atoms with Gasteiger partial charge in [-0.05, 0) is 37.1 Å². The van der Waals surface area contributed by atoms with Crippen LogP contribution in [0.3, 0.4) is 0 Å². The van der Waals surface area contributed by atoms with Crippen molar-refractivity contribution in [3.8, 4) is 0 Å². The van der Waals surface area contributed by atoms with E-state index in [9.17, 15) is 19.8 Å². The maximum Gasteiger partial charge on any atom is 0.314 e. The lowest BCUT2D eigenvalue weighted by Gasteiger charge is -2.43. The van der Waals surface area contributed by atoms with Gasteiger partial charge >= 0.3 is 5.97 Å². The Morgan fingerprint density at radius 3 is 2.62 bits per heavy atom. The Kier molecular flexibility index (Phi) is 6.54. The highest BCUT2D eigenvalue weighted by Crippen LogP contribution is 2.36. The number of aliphatic carboxylic acids is 1. The lowest BCUT2D eigenvalue weighted by molar-refractivity contribution is -0.166. The summed E-state index contributed by atoms with van der Waals surface area (Å²) in [4.78, 5) is 26.7. The Bertz CT molecular complexity index is 595. The first-order chi connectivity index (χ1) is 11.4. The fourth-order valence-electron chi connectivity index (χ4n) is 3.07. The number of amides is 1. The van der Waals surface area contributed by atoms with E-state index >= 15 is 0 Å². The average molecular weight is 372 g/mol. The molecule has 0 bridgehead atoms. The first-order valence-corrected chi connectivity index (χ1v) is 9.33. The van der Waals surface area contributed by atoms with Crippen LogP contribution in [0.4, 0.5) is 0 Å². The van der Waals surface area contributed by atoms with Crippen molar-refractivity contribution in [3.63, 3.8) is 0 Å². The molecule has 1 amide bonds. The number of aliphatic hydroxyl groups excluding tert-OH is 1. The fourth-order valence-corrected chi connectivity index (χ4v) is 4.00. The number of nitrogens with zero attached hydrogens (tertiary/aromatic N) is 1. The molecule has 1 aliphatic heterocycles. The first-order valence-electron chi connectivity index (χ1n) is 7.96. The molecule has 2 N–H and O–H groups in total. The molecule has 0 aliphatic carbocycles. The minimum atomic E-state index is -1.26. The molecule has 1 aromatic carbocycles. The fraction of sp³-hybridized carbons (Fsp3) is 0.529. The third kappa shape index (κ3) is 4.23. The summed E-state index contributed by atoms with van der Waals surface area (Å²) in [7, 11) is 0. The van der Waals surface area contributed by atoms with Gasteiger partial charge in [0.1, 0.15) is 5.41 Å². The van der Waals surface area contributed by atoms with Gasteiger partial charge in [0.15, 0.2) is 0 Å². The van der Waals surface area contributed by atoms with E-state index in [1.165, 1.54) is 11.8 Å². The number of rotatable bonds is 6. The molecule has 24 heavy (non-hydrogen) atoms. The quantitative estimate of drug-likeness (QED) is 0.752. The second-order valence-corrected chi connectivity index (χ2v) is 7.56. The van der Waals surface area contributed by atoms with E-state index in [4.69, 9.17) is 11.6 Å². The Hall–Kier alpha value is -1.24. The molecule has 0 spiro atoms. The van der Waals surface area contributed by atoms with E-state index < -0.39 is 17.5 Å². The minimum absolute atomic E-state index is 0.0668. The molecule has 1 aliphatic rings. The summed E-state index contributed by atoms with van der Waals surface area (Å²) in [6, 6.07) is 7.22. The molecule has 0 radical (unpaired) electrons. The van der Waals surface area contributed by atoms with Gasteiger partial charge in [-0.2, -0.15) is 0 Å². The highest BCUT2D eigenvalue weighted by atomic mass is 35.5. The van der Waals surface area contributed by atoms with Gasteiger partial charge in [-0.1, -0.05) is 24.9 Å². The van der Waals surface area contributed by atoms with Crippen molar-refractivity contribution in [3.05, 3.63) is 29.3 Å². The molecule has 1 fully saturated rings. The zero-order valence-corrected chi connectivity index (χ0v) is 15.1. The van der Waals surface area contributed by atoms with Crippen LogP contribution in [-0.4, -0.2) is 51.9 Å². The molecule has 2 rings (SSSR count). The topological polar surface area (TPSA) is 77.8 Å². The SMILES string of the molecule is CCC[C@]1(C(=O)O)CN(C(=O)CSc2ccc(Cl)cc2)CC[C@@H]1O. The highest BCUT2D eigenvalue weighted by molar-refractivity contribution is 8.00. The Morgan fingerprint density at radius 2 is 2.04 bits per heavy atom. The van der Waals surface area contributed by atoms with Crippen molar-refractivity contribution in [1.82, 2.24) is 4.90 Å². The number of benzene rings is 1. The van der Waals surface area contributed by atoms with E-state index in [2.05, 4.69) is 0 Å². The van der Waals surface area contributed by atoms with Gasteiger partial charge in [0.2, 0.25) is 5.91 Å². The van der Waals surface area contributed by atoms with Gasteiger partial charge in [-0.25, -0.2) is 0 Å². The zero-order chi connectivity index (χ0) is 17.7. The summed E-state index contributed by atoms with van der Waals surface area (Å²) in [6.45, 7) is 2.34.